The van der Waals surface area contributed by atoms with Gasteiger partial charge in [0, 0.05) is 23.6 Å². The summed E-state index contributed by atoms with van der Waals surface area (Å²) >= 11 is 15.8. The number of aryl methyl sites for hydroxylation is 1. The Bertz CT molecular complexity index is 607. The molecular weight excluding hydrogens is 335 g/mol. The van der Waals surface area contributed by atoms with Gasteiger partial charge in [0.1, 0.15) is 16.1 Å². The van der Waals surface area contributed by atoms with Crippen molar-refractivity contribution in [2.75, 3.05) is 0 Å². The Labute approximate surface area is 124 Å². The normalized spacial score (nSPS) is 14.6. The van der Waals surface area contributed by atoms with Crippen molar-refractivity contribution in [2.24, 2.45) is 0 Å². The highest BCUT2D eigenvalue weighted by Crippen LogP contribution is 2.36. The van der Waals surface area contributed by atoms with Gasteiger partial charge in [0.2, 0.25) is 0 Å². The van der Waals surface area contributed by atoms with Crippen LogP contribution in [0, 0.1) is 0 Å². The first-order valence-electron chi connectivity index (χ1n) is 5.87. The van der Waals surface area contributed by atoms with Gasteiger partial charge in [-0.05, 0) is 47.0 Å². The zero-order chi connectivity index (χ0) is 12.7. The molecule has 0 aliphatic carbocycles. The molecule has 1 aromatic heterocycles. The highest BCUT2D eigenvalue weighted by Gasteiger charge is 2.20. The van der Waals surface area contributed by atoms with E-state index < -0.39 is 0 Å². The van der Waals surface area contributed by atoms with Gasteiger partial charge in [0.15, 0.2) is 0 Å². The number of fused-ring (bicyclic) bond motifs is 1. The van der Waals surface area contributed by atoms with E-state index in [0.29, 0.717) is 10.0 Å². The molecule has 2 heterocycles. The number of imidazole rings is 1. The fourth-order valence-corrected chi connectivity index (χ4v) is 3.48. The maximum atomic E-state index is 6.25. The standard InChI is InChI=1S/C13H11BrCl2N2/c14-13-12(9-5-4-8(15)7-10(9)16)17-11-3-1-2-6-18(11)13/h4-5,7H,1-3,6H2. The van der Waals surface area contributed by atoms with Crippen LogP contribution in [0.15, 0.2) is 22.8 Å². The first kappa shape index (κ1) is 12.5. The Kier molecular flexibility index (Phi) is 3.39. The van der Waals surface area contributed by atoms with Crippen LogP contribution in [0.2, 0.25) is 10.0 Å². The van der Waals surface area contributed by atoms with Crippen LogP contribution in [0.3, 0.4) is 0 Å². The summed E-state index contributed by atoms with van der Waals surface area (Å²) in [5.74, 6) is 1.13. The molecule has 1 aliphatic rings. The van der Waals surface area contributed by atoms with Gasteiger partial charge in [-0.2, -0.15) is 0 Å². The van der Waals surface area contributed by atoms with Crippen LogP contribution in [0.1, 0.15) is 18.7 Å². The zero-order valence-electron chi connectivity index (χ0n) is 9.59. The van der Waals surface area contributed by atoms with E-state index in [2.05, 4.69) is 20.5 Å². The summed E-state index contributed by atoms with van der Waals surface area (Å²) in [7, 11) is 0. The van der Waals surface area contributed by atoms with Crippen LogP contribution in [0.25, 0.3) is 11.3 Å². The molecule has 0 amide bonds. The minimum absolute atomic E-state index is 0.638. The second kappa shape index (κ2) is 4.87. The number of nitrogens with zero attached hydrogens (tertiary/aromatic N) is 2. The molecule has 94 valence electrons. The molecule has 5 heteroatoms. The Hall–Kier alpha value is -0.510. The first-order valence-corrected chi connectivity index (χ1v) is 7.42. The molecule has 1 aromatic carbocycles. The lowest BCUT2D eigenvalue weighted by Gasteiger charge is -2.13. The molecule has 0 saturated heterocycles. The van der Waals surface area contributed by atoms with E-state index in [0.717, 1.165) is 34.7 Å². The van der Waals surface area contributed by atoms with Crippen molar-refractivity contribution in [1.29, 1.82) is 0 Å². The SMILES string of the molecule is Clc1ccc(-c2nc3n(c2Br)CCCC3)c(Cl)c1. The predicted octanol–water partition coefficient (Wildman–Crippen LogP) is 4.96. The topological polar surface area (TPSA) is 17.8 Å². The minimum Gasteiger partial charge on any atom is -0.322 e. The maximum Gasteiger partial charge on any atom is 0.113 e. The number of hydrogen-bond acceptors (Lipinski definition) is 1. The summed E-state index contributed by atoms with van der Waals surface area (Å²) in [6, 6.07) is 5.51. The van der Waals surface area contributed by atoms with Gasteiger partial charge in [-0.1, -0.05) is 23.2 Å². The second-order valence-corrected chi connectivity index (χ2v) is 6.00. The molecule has 0 saturated carbocycles. The number of hydrogen-bond donors (Lipinski definition) is 0. The molecule has 0 N–H and O–H groups in total. The molecular formula is C13H11BrCl2N2. The van der Waals surface area contributed by atoms with Crippen molar-refractivity contribution in [1.82, 2.24) is 9.55 Å². The molecule has 0 unspecified atom stereocenters. The molecule has 1 aliphatic heterocycles. The lowest BCUT2D eigenvalue weighted by Crippen LogP contribution is -2.10. The summed E-state index contributed by atoms with van der Waals surface area (Å²) in [5.41, 5.74) is 1.84. The van der Waals surface area contributed by atoms with Crippen molar-refractivity contribution in [3.05, 3.63) is 38.7 Å². The van der Waals surface area contributed by atoms with Gasteiger partial charge in [-0.3, -0.25) is 0 Å². The number of benzene rings is 1. The number of rotatable bonds is 1. The van der Waals surface area contributed by atoms with Crippen LogP contribution in [-0.4, -0.2) is 9.55 Å². The zero-order valence-corrected chi connectivity index (χ0v) is 12.7. The van der Waals surface area contributed by atoms with E-state index in [9.17, 15) is 0 Å². The third-order valence-corrected chi connectivity index (χ3v) is 4.55. The Morgan fingerprint density at radius 2 is 2.06 bits per heavy atom. The summed E-state index contributed by atoms with van der Waals surface area (Å²) in [6.45, 7) is 1.02. The average Bonchev–Trinajstić information content (AvgIpc) is 2.68. The molecule has 0 bridgehead atoms. The quantitative estimate of drug-likeness (QED) is 0.714. The van der Waals surface area contributed by atoms with Gasteiger partial charge in [-0.25, -0.2) is 4.98 Å². The van der Waals surface area contributed by atoms with Crippen LogP contribution in [0.5, 0.6) is 0 Å². The Morgan fingerprint density at radius 1 is 1.22 bits per heavy atom. The van der Waals surface area contributed by atoms with Crippen LogP contribution in [-0.2, 0) is 13.0 Å². The first-order chi connectivity index (χ1) is 8.66. The maximum absolute atomic E-state index is 6.25. The molecule has 18 heavy (non-hydrogen) atoms. The van der Waals surface area contributed by atoms with Crippen molar-refractivity contribution in [2.45, 2.75) is 25.8 Å². The lowest BCUT2D eigenvalue weighted by atomic mass is 10.2. The van der Waals surface area contributed by atoms with Crippen molar-refractivity contribution >= 4 is 39.1 Å². The van der Waals surface area contributed by atoms with Crippen molar-refractivity contribution < 1.29 is 0 Å². The van der Waals surface area contributed by atoms with E-state index in [4.69, 9.17) is 28.2 Å². The Balaban J connectivity index is 2.14. The molecule has 0 fully saturated rings. The monoisotopic (exact) mass is 344 g/mol. The van der Waals surface area contributed by atoms with E-state index in [1.807, 2.05) is 12.1 Å². The fourth-order valence-electron chi connectivity index (χ4n) is 2.30. The van der Waals surface area contributed by atoms with Gasteiger partial charge in [0.25, 0.3) is 0 Å². The molecule has 2 nitrogen and oxygen atoms in total. The van der Waals surface area contributed by atoms with Gasteiger partial charge < -0.3 is 4.57 Å². The highest BCUT2D eigenvalue weighted by molar-refractivity contribution is 9.10. The van der Waals surface area contributed by atoms with Gasteiger partial charge in [-0.15, -0.1) is 0 Å². The summed E-state index contributed by atoms with van der Waals surface area (Å²) in [4.78, 5) is 4.70. The highest BCUT2D eigenvalue weighted by atomic mass is 79.9. The van der Waals surface area contributed by atoms with Crippen molar-refractivity contribution in [3.63, 3.8) is 0 Å². The molecule has 0 atom stereocenters. The van der Waals surface area contributed by atoms with Crippen LogP contribution >= 0.6 is 39.1 Å². The van der Waals surface area contributed by atoms with E-state index in [-0.39, 0.29) is 0 Å². The second-order valence-electron chi connectivity index (χ2n) is 4.40. The van der Waals surface area contributed by atoms with E-state index >= 15 is 0 Å². The van der Waals surface area contributed by atoms with Crippen LogP contribution < -0.4 is 0 Å². The smallest absolute Gasteiger partial charge is 0.113 e. The third kappa shape index (κ3) is 2.09. The van der Waals surface area contributed by atoms with E-state index in [1.54, 1.807) is 6.07 Å². The van der Waals surface area contributed by atoms with Crippen molar-refractivity contribution in [3.8, 4) is 11.3 Å². The summed E-state index contributed by atoms with van der Waals surface area (Å²) < 4.78 is 3.24. The average molecular weight is 346 g/mol. The third-order valence-electron chi connectivity index (χ3n) is 3.20. The van der Waals surface area contributed by atoms with Gasteiger partial charge >= 0.3 is 0 Å². The largest absolute Gasteiger partial charge is 0.322 e. The predicted molar refractivity (Wildman–Crippen MR) is 78.3 cm³/mol. The summed E-state index contributed by atoms with van der Waals surface area (Å²) in [6.07, 6.45) is 3.44. The molecule has 0 spiro atoms. The Morgan fingerprint density at radius 3 is 2.78 bits per heavy atom. The lowest BCUT2D eigenvalue weighted by molar-refractivity contribution is 0.516. The van der Waals surface area contributed by atoms with E-state index in [1.165, 1.54) is 12.8 Å². The number of aromatic nitrogens is 2. The molecule has 3 rings (SSSR count). The minimum atomic E-state index is 0.638. The van der Waals surface area contributed by atoms with Crippen LogP contribution in [0.4, 0.5) is 0 Å². The number of halogens is 3. The van der Waals surface area contributed by atoms with Gasteiger partial charge in [0.05, 0.1) is 5.02 Å². The summed E-state index contributed by atoms with van der Waals surface area (Å²) in [5, 5.41) is 1.28. The molecule has 0 radical (unpaired) electrons. The fraction of sp³-hybridized carbons (Fsp3) is 0.308. The molecule has 2 aromatic rings.